The van der Waals surface area contributed by atoms with E-state index < -0.39 is 17.9 Å². The highest BCUT2D eigenvalue weighted by Gasteiger charge is 2.40. The maximum atomic E-state index is 13.6. The van der Waals surface area contributed by atoms with E-state index in [1.54, 1.807) is 37.4 Å². The average molecular weight is 416 g/mol. The summed E-state index contributed by atoms with van der Waals surface area (Å²) < 4.78 is 40.7. The van der Waals surface area contributed by atoms with Crippen LogP contribution in [-0.2, 0) is 0 Å². The number of fused-ring (bicyclic) bond motifs is 1. The fraction of sp³-hybridized carbons (Fsp3) is 0.182. The molecule has 1 aromatic heterocycles. The van der Waals surface area contributed by atoms with Gasteiger partial charge in [0.2, 0.25) is 0 Å². The van der Waals surface area contributed by atoms with Gasteiger partial charge in [-0.15, -0.1) is 0 Å². The Morgan fingerprint density at radius 2 is 1.93 bits per heavy atom. The summed E-state index contributed by atoms with van der Waals surface area (Å²) in [5.74, 6) is 0. The number of halogens is 4. The van der Waals surface area contributed by atoms with Crippen molar-refractivity contribution in [2.75, 3.05) is 4.90 Å². The molecule has 1 unspecified atom stereocenters. The van der Waals surface area contributed by atoms with Crippen molar-refractivity contribution in [2.24, 2.45) is 0 Å². The third kappa shape index (κ3) is 3.60. The largest absolute Gasteiger partial charge is 0.431 e. The van der Waals surface area contributed by atoms with Gasteiger partial charge >= 0.3 is 6.18 Å². The fourth-order valence-electron chi connectivity index (χ4n) is 3.46. The predicted octanol–water partition coefficient (Wildman–Crippen LogP) is 6.47. The van der Waals surface area contributed by atoms with E-state index in [9.17, 15) is 13.2 Å². The van der Waals surface area contributed by atoms with Gasteiger partial charge in [-0.05, 0) is 49.8 Å². The van der Waals surface area contributed by atoms with Crippen LogP contribution >= 0.6 is 11.6 Å². The molecule has 148 valence electrons. The molecular formula is C22H17ClF3N3. The summed E-state index contributed by atoms with van der Waals surface area (Å²) in [4.78, 5) is 10.3. The second-order valence-corrected chi connectivity index (χ2v) is 7.31. The van der Waals surface area contributed by atoms with E-state index in [-0.39, 0.29) is 0 Å². The summed E-state index contributed by atoms with van der Waals surface area (Å²) in [5, 5.41) is 0.397. The van der Waals surface area contributed by atoms with Crippen molar-refractivity contribution in [3.8, 4) is 11.3 Å². The molecule has 2 aromatic carbocycles. The van der Waals surface area contributed by atoms with Crippen LogP contribution in [0.25, 0.3) is 22.3 Å². The third-order valence-corrected chi connectivity index (χ3v) is 5.21. The van der Waals surface area contributed by atoms with Gasteiger partial charge in [0.25, 0.3) is 0 Å². The van der Waals surface area contributed by atoms with Crippen molar-refractivity contribution in [3.05, 3.63) is 77.1 Å². The molecule has 0 amide bonds. The number of aryl methyl sites for hydroxylation is 1. The summed E-state index contributed by atoms with van der Waals surface area (Å²) in [5.41, 5.74) is 3.15. The van der Waals surface area contributed by atoms with Crippen LogP contribution in [0.1, 0.15) is 12.5 Å². The molecule has 3 nitrogen and oxygen atoms in total. The number of hydrogen-bond donors (Lipinski definition) is 0. The summed E-state index contributed by atoms with van der Waals surface area (Å²) in [6.07, 6.45) is 1.33. The van der Waals surface area contributed by atoms with Crippen LogP contribution in [-0.4, -0.2) is 22.2 Å². The Kier molecular flexibility index (Phi) is 4.82. The first-order valence-electron chi connectivity index (χ1n) is 9.03. The normalized spacial score (nSPS) is 17.0. The molecule has 0 spiro atoms. The Bertz CT molecular complexity index is 1150. The number of nitrogens with zero attached hydrogens (tertiary/aromatic N) is 3. The first kappa shape index (κ1) is 19.5. The predicted molar refractivity (Wildman–Crippen MR) is 110 cm³/mol. The van der Waals surface area contributed by atoms with Gasteiger partial charge in [-0.3, -0.25) is 4.98 Å². The fourth-order valence-corrected chi connectivity index (χ4v) is 3.68. The molecule has 1 aliphatic rings. The van der Waals surface area contributed by atoms with Crippen LogP contribution in [0.3, 0.4) is 0 Å². The van der Waals surface area contributed by atoms with Crippen molar-refractivity contribution in [2.45, 2.75) is 26.1 Å². The van der Waals surface area contributed by atoms with Gasteiger partial charge in [-0.1, -0.05) is 35.9 Å². The molecule has 0 saturated heterocycles. The van der Waals surface area contributed by atoms with E-state index in [0.717, 1.165) is 22.7 Å². The first-order valence-corrected chi connectivity index (χ1v) is 9.41. The number of para-hydroxylation sites is 1. The lowest BCUT2D eigenvalue weighted by molar-refractivity contribution is -0.0939. The van der Waals surface area contributed by atoms with E-state index in [2.05, 4.69) is 9.97 Å². The van der Waals surface area contributed by atoms with Gasteiger partial charge in [0.1, 0.15) is 5.70 Å². The second-order valence-electron chi connectivity index (χ2n) is 6.91. The topological polar surface area (TPSA) is 29.0 Å². The number of aromatic nitrogens is 2. The van der Waals surface area contributed by atoms with Crippen molar-refractivity contribution in [1.29, 1.82) is 0 Å². The van der Waals surface area contributed by atoms with E-state index >= 15 is 0 Å². The second kappa shape index (κ2) is 7.19. The Morgan fingerprint density at radius 3 is 2.69 bits per heavy atom. The van der Waals surface area contributed by atoms with Crippen molar-refractivity contribution in [3.63, 3.8) is 0 Å². The Labute approximate surface area is 171 Å². The molecule has 3 aromatic rings. The van der Waals surface area contributed by atoms with Gasteiger partial charge in [0, 0.05) is 17.3 Å². The zero-order valence-corrected chi connectivity index (χ0v) is 16.5. The lowest BCUT2D eigenvalue weighted by Gasteiger charge is -2.35. The summed E-state index contributed by atoms with van der Waals surface area (Å²) >= 11 is 6.39. The van der Waals surface area contributed by atoms with Gasteiger partial charge in [0.05, 0.1) is 27.9 Å². The molecule has 7 heteroatoms. The van der Waals surface area contributed by atoms with Gasteiger partial charge < -0.3 is 4.90 Å². The molecular weight excluding hydrogens is 399 g/mol. The average Bonchev–Trinajstić information content (AvgIpc) is 2.68. The van der Waals surface area contributed by atoms with Crippen molar-refractivity contribution in [1.82, 2.24) is 9.97 Å². The summed E-state index contributed by atoms with van der Waals surface area (Å²) in [6.45, 7) is 3.64. The highest BCUT2D eigenvalue weighted by molar-refractivity contribution is 6.33. The van der Waals surface area contributed by atoms with Crippen LogP contribution in [0.5, 0.6) is 0 Å². The van der Waals surface area contributed by atoms with Gasteiger partial charge in [-0.25, -0.2) is 4.98 Å². The molecule has 1 atom stereocenters. The minimum absolute atomic E-state index is 0.386. The highest BCUT2D eigenvalue weighted by Crippen LogP contribution is 2.39. The number of hydrogen-bond acceptors (Lipinski definition) is 3. The maximum absolute atomic E-state index is 13.6. The van der Waals surface area contributed by atoms with E-state index in [1.807, 2.05) is 25.1 Å². The molecule has 0 radical (unpaired) electrons. The quantitative estimate of drug-likeness (QED) is 0.480. The van der Waals surface area contributed by atoms with Crippen LogP contribution in [0, 0.1) is 6.92 Å². The van der Waals surface area contributed by atoms with Crippen molar-refractivity contribution >= 4 is 28.3 Å². The monoisotopic (exact) mass is 415 g/mol. The minimum Gasteiger partial charge on any atom is -0.331 e. The molecule has 29 heavy (non-hydrogen) atoms. The van der Waals surface area contributed by atoms with Gasteiger partial charge in [0.15, 0.2) is 0 Å². The third-order valence-electron chi connectivity index (χ3n) is 4.88. The number of rotatable bonds is 2. The molecule has 4 rings (SSSR count). The van der Waals surface area contributed by atoms with E-state index in [1.165, 1.54) is 11.0 Å². The Hall–Kier alpha value is -2.86. The molecule has 1 aliphatic heterocycles. The van der Waals surface area contributed by atoms with Crippen LogP contribution in [0.2, 0.25) is 5.02 Å². The lowest BCUT2D eigenvalue weighted by atomic mass is 10.1. The molecule has 2 heterocycles. The summed E-state index contributed by atoms with van der Waals surface area (Å²) in [6, 6.07) is 10.0. The molecule has 0 aliphatic carbocycles. The van der Waals surface area contributed by atoms with Crippen molar-refractivity contribution < 1.29 is 13.2 Å². The lowest BCUT2D eigenvalue weighted by Crippen LogP contribution is -2.39. The number of anilines is 1. The molecule has 0 N–H and O–H groups in total. The van der Waals surface area contributed by atoms with Crippen LogP contribution < -0.4 is 4.90 Å². The Balaban J connectivity index is 1.84. The van der Waals surface area contributed by atoms with E-state index in [0.29, 0.717) is 22.0 Å². The number of alkyl halides is 3. The van der Waals surface area contributed by atoms with E-state index in [4.69, 9.17) is 11.6 Å². The standard InChI is InChI=1S/C22H17ClF3N3/c1-13-5-3-7-18-21(13)28-19(12-27-18)16-11-15(9-10-17(16)23)29-14(2)6-4-8-20(29)22(24,25)26/h3-12,14H,1-2H3. The Morgan fingerprint density at radius 1 is 1.14 bits per heavy atom. The smallest absolute Gasteiger partial charge is 0.331 e. The zero-order chi connectivity index (χ0) is 20.8. The minimum atomic E-state index is -4.47. The van der Waals surface area contributed by atoms with Gasteiger partial charge in [-0.2, -0.15) is 13.2 Å². The molecule has 0 bridgehead atoms. The highest BCUT2D eigenvalue weighted by atomic mass is 35.5. The van der Waals surface area contributed by atoms with Crippen LogP contribution in [0.4, 0.5) is 18.9 Å². The number of benzene rings is 2. The zero-order valence-electron chi connectivity index (χ0n) is 15.7. The SMILES string of the molecule is Cc1cccc2ncc(-c3cc(N4C(C(F)(F)F)=CC=CC4C)ccc3Cl)nc12. The number of allylic oxidation sites excluding steroid dienone is 3. The maximum Gasteiger partial charge on any atom is 0.431 e. The first-order chi connectivity index (χ1) is 13.8. The molecule has 0 saturated carbocycles. The molecule has 0 fully saturated rings. The van der Waals surface area contributed by atoms with Crippen LogP contribution in [0.15, 0.2) is 66.5 Å². The summed E-state index contributed by atoms with van der Waals surface area (Å²) in [7, 11) is 0.